The molecule has 2 unspecified atom stereocenters. The van der Waals surface area contributed by atoms with Gasteiger partial charge in [-0.25, -0.2) is 0 Å². The lowest BCUT2D eigenvalue weighted by atomic mass is 9.70. The number of nitrogens with zero attached hydrogens (tertiary/aromatic N) is 2. The molecule has 194 valence electrons. The molecule has 2 aliphatic carbocycles. The molecule has 36 heavy (non-hydrogen) atoms. The van der Waals surface area contributed by atoms with Crippen LogP contribution in [0.5, 0.6) is 0 Å². The Morgan fingerprint density at radius 1 is 0.639 bits per heavy atom. The lowest BCUT2D eigenvalue weighted by Crippen LogP contribution is -2.33. The van der Waals surface area contributed by atoms with Crippen molar-refractivity contribution in [2.24, 2.45) is 26.7 Å². The molecule has 0 amide bonds. The fraction of sp³-hybridized carbons (Fsp3) is 0.588. The van der Waals surface area contributed by atoms with Crippen LogP contribution in [0.25, 0.3) is 0 Å². The summed E-state index contributed by atoms with van der Waals surface area (Å²) in [6.07, 6.45) is 2.39. The Labute approximate surface area is 220 Å². The Morgan fingerprint density at radius 3 is 1.42 bits per heavy atom. The number of fused-ring (bicyclic) bond motifs is 2. The zero-order chi connectivity index (χ0) is 26.6. The van der Waals surface area contributed by atoms with E-state index in [1.54, 1.807) is 0 Å². The summed E-state index contributed by atoms with van der Waals surface area (Å²) in [5.74, 6) is 2.16. The van der Waals surface area contributed by atoms with Crippen LogP contribution in [0.4, 0.5) is 11.4 Å². The quantitative estimate of drug-likeness (QED) is 0.389. The summed E-state index contributed by atoms with van der Waals surface area (Å²) in [6.45, 7) is 25.7. The third-order valence-corrected chi connectivity index (χ3v) is 9.46. The Kier molecular flexibility index (Phi) is 7.14. The van der Waals surface area contributed by atoms with Gasteiger partial charge in [0.1, 0.15) is 0 Å². The fourth-order valence-electron chi connectivity index (χ4n) is 6.68. The van der Waals surface area contributed by atoms with Gasteiger partial charge in [0.25, 0.3) is 0 Å². The maximum absolute atomic E-state index is 5.66. The maximum Gasteiger partial charge on any atom is 0.0703 e. The van der Waals surface area contributed by atoms with Crippen molar-refractivity contribution in [3.63, 3.8) is 0 Å². The molecule has 2 saturated carbocycles. The van der Waals surface area contributed by atoms with Crippen LogP contribution < -0.4 is 0 Å². The Balaban J connectivity index is 2.04. The third-order valence-electron chi connectivity index (χ3n) is 9.46. The normalized spacial score (nSPS) is 25.5. The molecule has 2 fully saturated rings. The van der Waals surface area contributed by atoms with E-state index in [0.29, 0.717) is 29.6 Å². The molecule has 0 N–H and O–H groups in total. The van der Waals surface area contributed by atoms with Gasteiger partial charge in [-0.15, -0.1) is 0 Å². The van der Waals surface area contributed by atoms with Gasteiger partial charge in [0.15, 0.2) is 0 Å². The van der Waals surface area contributed by atoms with E-state index >= 15 is 0 Å². The standard InChI is InChI=1S/C34H48N2/c1-20(2)24-14-12-15-25(21(3)4)29(24)35-31-28-18-19-34(11,33(28,9)10)32(31)36-30-26(22(5)6)16-13-17-27(30)23(7)8/h12-17,20-23,28H,18-19H2,1-11H3. The highest BCUT2D eigenvalue weighted by molar-refractivity contribution is 6.48. The van der Waals surface area contributed by atoms with Crippen LogP contribution >= 0.6 is 0 Å². The molecule has 0 aliphatic heterocycles. The number of benzene rings is 2. The lowest BCUT2D eigenvalue weighted by Gasteiger charge is -2.34. The van der Waals surface area contributed by atoms with Gasteiger partial charge in [0.2, 0.25) is 0 Å². The summed E-state index contributed by atoms with van der Waals surface area (Å²) in [5, 5.41) is 0. The fourth-order valence-corrected chi connectivity index (χ4v) is 6.68. The molecule has 2 aromatic rings. The number of rotatable bonds is 6. The van der Waals surface area contributed by atoms with Gasteiger partial charge in [0.05, 0.1) is 22.8 Å². The van der Waals surface area contributed by atoms with E-state index in [4.69, 9.17) is 9.98 Å². The zero-order valence-corrected chi connectivity index (χ0v) is 24.7. The second-order valence-electron chi connectivity index (χ2n) is 13.3. The number of hydrogen-bond donors (Lipinski definition) is 0. The Morgan fingerprint density at radius 2 is 1.03 bits per heavy atom. The molecule has 2 bridgehead atoms. The molecule has 2 aromatic carbocycles. The minimum Gasteiger partial charge on any atom is -0.251 e. The predicted molar refractivity (Wildman–Crippen MR) is 158 cm³/mol. The van der Waals surface area contributed by atoms with Crippen molar-refractivity contribution in [2.45, 2.75) is 113 Å². The smallest absolute Gasteiger partial charge is 0.0703 e. The molecule has 2 nitrogen and oxygen atoms in total. The van der Waals surface area contributed by atoms with Crippen molar-refractivity contribution in [2.75, 3.05) is 0 Å². The molecule has 0 heterocycles. The van der Waals surface area contributed by atoms with Crippen molar-refractivity contribution < 1.29 is 0 Å². The lowest BCUT2D eigenvalue weighted by molar-refractivity contribution is 0.208. The van der Waals surface area contributed by atoms with Gasteiger partial charge in [-0.2, -0.15) is 0 Å². The zero-order valence-electron chi connectivity index (χ0n) is 24.7. The van der Waals surface area contributed by atoms with Crippen LogP contribution in [0.1, 0.15) is 135 Å². The SMILES string of the molecule is CC(C)c1cccc(C(C)C)c1N=C1C(=Nc2c(C(C)C)cccc2C(C)C)C2(C)CCC1C2(C)C. The highest BCUT2D eigenvalue weighted by Crippen LogP contribution is 2.64. The summed E-state index contributed by atoms with van der Waals surface area (Å²) in [5.41, 5.74) is 10.4. The summed E-state index contributed by atoms with van der Waals surface area (Å²) in [7, 11) is 0. The summed E-state index contributed by atoms with van der Waals surface area (Å²) < 4.78 is 0. The highest BCUT2D eigenvalue weighted by Gasteiger charge is 2.63. The number of para-hydroxylation sites is 2. The average molecular weight is 485 g/mol. The van der Waals surface area contributed by atoms with E-state index < -0.39 is 0 Å². The first kappa shape index (κ1) is 26.8. The van der Waals surface area contributed by atoms with Crippen molar-refractivity contribution in [3.8, 4) is 0 Å². The predicted octanol–water partition coefficient (Wildman–Crippen LogP) is 10.5. The molecular formula is C34H48N2. The van der Waals surface area contributed by atoms with E-state index in [0.717, 1.165) is 0 Å². The van der Waals surface area contributed by atoms with Crippen molar-refractivity contribution in [3.05, 3.63) is 58.7 Å². The molecule has 2 heteroatoms. The third kappa shape index (κ3) is 4.19. The van der Waals surface area contributed by atoms with Crippen LogP contribution in [0.15, 0.2) is 46.4 Å². The first-order valence-electron chi connectivity index (χ1n) is 14.2. The van der Waals surface area contributed by atoms with E-state index in [1.807, 2.05) is 0 Å². The van der Waals surface area contributed by atoms with E-state index in [1.165, 1.54) is 57.9 Å². The Bertz CT molecular complexity index is 1140. The molecular weight excluding hydrogens is 436 g/mol. The van der Waals surface area contributed by atoms with Crippen LogP contribution in [-0.2, 0) is 0 Å². The van der Waals surface area contributed by atoms with Crippen molar-refractivity contribution >= 4 is 22.8 Å². The summed E-state index contributed by atoms with van der Waals surface area (Å²) in [4.78, 5) is 11.3. The summed E-state index contributed by atoms with van der Waals surface area (Å²) >= 11 is 0. The molecule has 0 radical (unpaired) electrons. The van der Waals surface area contributed by atoms with E-state index in [9.17, 15) is 0 Å². The minimum atomic E-state index is 0.0274. The minimum absolute atomic E-state index is 0.0274. The van der Waals surface area contributed by atoms with Gasteiger partial charge in [-0.3, -0.25) is 9.98 Å². The Hall–Kier alpha value is -2.22. The summed E-state index contributed by atoms with van der Waals surface area (Å²) in [6, 6.07) is 13.5. The molecule has 0 aromatic heterocycles. The van der Waals surface area contributed by atoms with Crippen LogP contribution in [0.3, 0.4) is 0 Å². The molecule has 0 spiro atoms. The molecule has 4 rings (SSSR count). The van der Waals surface area contributed by atoms with E-state index in [2.05, 4.69) is 113 Å². The second kappa shape index (κ2) is 9.58. The average Bonchev–Trinajstić information content (AvgIpc) is 3.11. The number of aliphatic imine (C=N–C) groups is 2. The van der Waals surface area contributed by atoms with Crippen molar-refractivity contribution in [1.29, 1.82) is 0 Å². The van der Waals surface area contributed by atoms with Gasteiger partial charge in [-0.05, 0) is 64.2 Å². The second-order valence-corrected chi connectivity index (χ2v) is 13.3. The van der Waals surface area contributed by atoms with Gasteiger partial charge < -0.3 is 0 Å². The number of hydrogen-bond acceptors (Lipinski definition) is 2. The van der Waals surface area contributed by atoms with Gasteiger partial charge in [-0.1, -0.05) is 113 Å². The van der Waals surface area contributed by atoms with Crippen LogP contribution in [-0.4, -0.2) is 11.4 Å². The van der Waals surface area contributed by atoms with Gasteiger partial charge >= 0.3 is 0 Å². The van der Waals surface area contributed by atoms with Crippen molar-refractivity contribution in [1.82, 2.24) is 0 Å². The maximum atomic E-state index is 5.66. The highest BCUT2D eigenvalue weighted by atomic mass is 14.9. The first-order chi connectivity index (χ1) is 16.8. The largest absolute Gasteiger partial charge is 0.251 e. The molecule has 2 aliphatic rings. The first-order valence-corrected chi connectivity index (χ1v) is 14.2. The monoisotopic (exact) mass is 484 g/mol. The molecule has 2 atom stereocenters. The molecule has 0 saturated heterocycles. The van der Waals surface area contributed by atoms with Gasteiger partial charge in [0, 0.05) is 11.3 Å². The van der Waals surface area contributed by atoms with Crippen LogP contribution in [0, 0.1) is 16.7 Å². The van der Waals surface area contributed by atoms with Crippen LogP contribution in [0.2, 0.25) is 0 Å². The topological polar surface area (TPSA) is 24.7 Å². The van der Waals surface area contributed by atoms with E-state index in [-0.39, 0.29) is 10.8 Å².